The predicted octanol–water partition coefficient (Wildman–Crippen LogP) is 2.50. The maximum atomic E-state index is 13.7. The van der Waals surface area contributed by atoms with Crippen molar-refractivity contribution in [1.82, 2.24) is 25.1 Å². The van der Waals surface area contributed by atoms with Gasteiger partial charge in [0.2, 0.25) is 5.91 Å². The fourth-order valence-electron chi connectivity index (χ4n) is 6.24. The molecule has 0 spiro atoms. The summed E-state index contributed by atoms with van der Waals surface area (Å²) in [6, 6.07) is 10.4. The number of aromatic nitrogens is 2. The van der Waals surface area contributed by atoms with Crippen LogP contribution >= 0.6 is 0 Å². The molecule has 43 heavy (non-hydrogen) atoms. The zero-order valence-electron chi connectivity index (χ0n) is 24.4. The van der Waals surface area contributed by atoms with E-state index in [9.17, 15) is 24.3 Å². The number of rotatable bonds is 10. The van der Waals surface area contributed by atoms with Crippen molar-refractivity contribution in [3.05, 3.63) is 42.1 Å². The summed E-state index contributed by atoms with van der Waals surface area (Å²) in [5, 5.41) is 12.4. The molecule has 3 amide bonds. The van der Waals surface area contributed by atoms with E-state index in [0.717, 1.165) is 31.2 Å². The molecule has 2 saturated carbocycles. The number of hydrogen-bond acceptors (Lipinski definition) is 8. The summed E-state index contributed by atoms with van der Waals surface area (Å²) in [5.74, 6) is -0.465. The Labute approximate surface area is 250 Å². The fourth-order valence-corrected chi connectivity index (χ4v) is 6.24. The zero-order chi connectivity index (χ0) is 30.1. The van der Waals surface area contributed by atoms with Crippen molar-refractivity contribution in [2.45, 2.75) is 38.6 Å². The van der Waals surface area contributed by atoms with Crippen molar-refractivity contribution in [3.8, 4) is 11.4 Å². The molecule has 2 aliphatic heterocycles. The van der Waals surface area contributed by atoms with Gasteiger partial charge in [0.05, 0.1) is 12.5 Å². The first-order valence-corrected chi connectivity index (χ1v) is 15.3. The molecule has 2 aromatic rings. The third kappa shape index (κ3) is 6.28. The monoisotopic (exact) mass is 590 g/mol. The Bertz CT molecular complexity index is 1360. The Morgan fingerprint density at radius 3 is 2.30 bits per heavy atom. The lowest BCUT2D eigenvalue weighted by Crippen LogP contribution is -2.56. The number of aliphatic carboxylic acids is 1. The molecule has 12 nitrogen and oxygen atoms in total. The second kappa shape index (κ2) is 12.2. The average molecular weight is 591 g/mol. The molecule has 2 saturated heterocycles. The molecular formula is C31H38N6O6. The quantitative estimate of drug-likeness (QED) is 0.399. The van der Waals surface area contributed by atoms with E-state index in [1.165, 1.54) is 0 Å². The third-order valence-electron chi connectivity index (χ3n) is 9.00. The van der Waals surface area contributed by atoms with E-state index in [1.54, 1.807) is 15.9 Å². The molecule has 6 rings (SSSR count). The van der Waals surface area contributed by atoms with Crippen LogP contribution in [0.25, 0.3) is 11.4 Å². The minimum absolute atomic E-state index is 0.0574. The molecule has 2 N–H and O–H groups in total. The first-order chi connectivity index (χ1) is 20.8. The van der Waals surface area contributed by atoms with E-state index in [0.29, 0.717) is 57.5 Å². The van der Waals surface area contributed by atoms with E-state index in [4.69, 9.17) is 9.72 Å². The Hall–Kier alpha value is -4.22. The lowest BCUT2D eigenvalue weighted by Gasteiger charge is -2.36. The van der Waals surface area contributed by atoms with Gasteiger partial charge in [-0.25, -0.2) is 14.8 Å². The lowest BCUT2D eigenvalue weighted by molar-refractivity contribution is -0.139. The molecule has 3 heterocycles. The number of unbranched alkanes of at least 4 members (excludes halogenated alkanes) is 1. The standard InChI is InChI=1S/C31H38N6O6/c1-2-3-15-43-31(42)36-13-11-35(12-14-36)29(39)26(19-9-10-19)34-28(38)23-16-24(33-27(32-23)20-7-5-4-6-8-20)37-17-21-22(18-37)25(21)30(40)41/h4-8,16,19,21-22,25-26H,2-3,9-15,17-18H2,1H3,(H,34,38)(H,40,41)/t21-,22+,25?,26-/m0/s1. The van der Waals surface area contributed by atoms with Crippen LogP contribution in [0.1, 0.15) is 43.1 Å². The Morgan fingerprint density at radius 2 is 1.67 bits per heavy atom. The molecule has 12 heteroatoms. The van der Waals surface area contributed by atoms with Crippen LogP contribution in [0.3, 0.4) is 0 Å². The summed E-state index contributed by atoms with van der Waals surface area (Å²) in [6.45, 7) is 5.09. The van der Waals surface area contributed by atoms with Gasteiger partial charge in [-0.1, -0.05) is 43.7 Å². The van der Waals surface area contributed by atoms with Gasteiger partial charge < -0.3 is 29.9 Å². The second-order valence-electron chi connectivity index (χ2n) is 12.0. The van der Waals surface area contributed by atoms with Crippen LogP contribution in [0.2, 0.25) is 0 Å². The van der Waals surface area contributed by atoms with Crippen molar-refractivity contribution >= 4 is 29.7 Å². The summed E-state index contributed by atoms with van der Waals surface area (Å²) in [4.78, 5) is 65.8. The molecule has 4 aliphatic rings. The number of carboxylic acid groups (broad SMARTS) is 1. The number of piperidine rings is 1. The van der Waals surface area contributed by atoms with Crippen molar-refractivity contribution < 1.29 is 29.0 Å². The Balaban J connectivity index is 1.15. The van der Waals surface area contributed by atoms with Gasteiger partial charge >= 0.3 is 12.1 Å². The highest BCUT2D eigenvalue weighted by Gasteiger charge is 2.60. The molecule has 2 aliphatic carbocycles. The second-order valence-corrected chi connectivity index (χ2v) is 12.0. The summed E-state index contributed by atoms with van der Waals surface area (Å²) in [6.07, 6.45) is 3.12. The largest absolute Gasteiger partial charge is 0.481 e. The fraction of sp³-hybridized carbons (Fsp3) is 0.548. The van der Waals surface area contributed by atoms with Gasteiger partial charge in [0.25, 0.3) is 5.91 Å². The van der Waals surface area contributed by atoms with Crippen LogP contribution < -0.4 is 10.2 Å². The summed E-state index contributed by atoms with van der Waals surface area (Å²) < 4.78 is 5.31. The van der Waals surface area contributed by atoms with E-state index >= 15 is 0 Å². The van der Waals surface area contributed by atoms with Gasteiger partial charge in [0, 0.05) is 50.9 Å². The number of ether oxygens (including phenoxy) is 1. The number of nitrogens with zero attached hydrogens (tertiary/aromatic N) is 5. The van der Waals surface area contributed by atoms with Crippen LogP contribution in [0.15, 0.2) is 36.4 Å². The summed E-state index contributed by atoms with van der Waals surface area (Å²) in [5.41, 5.74) is 0.921. The zero-order valence-corrected chi connectivity index (χ0v) is 24.4. The molecule has 1 aromatic carbocycles. The van der Waals surface area contributed by atoms with E-state index in [2.05, 4.69) is 10.3 Å². The van der Waals surface area contributed by atoms with E-state index < -0.39 is 17.9 Å². The molecule has 4 fully saturated rings. The van der Waals surface area contributed by atoms with Gasteiger partial charge in [-0.05, 0) is 37.0 Å². The van der Waals surface area contributed by atoms with Crippen molar-refractivity contribution in [2.24, 2.45) is 23.7 Å². The number of carboxylic acids is 1. The van der Waals surface area contributed by atoms with Crippen molar-refractivity contribution in [1.29, 1.82) is 0 Å². The van der Waals surface area contributed by atoms with E-state index in [1.807, 2.05) is 42.2 Å². The number of carbonyl (C=O) groups is 4. The van der Waals surface area contributed by atoms with Gasteiger partial charge in [-0.2, -0.15) is 0 Å². The normalized spacial score (nSPS) is 23.4. The van der Waals surface area contributed by atoms with E-state index in [-0.39, 0.29) is 41.4 Å². The highest BCUT2D eigenvalue weighted by Crippen LogP contribution is 2.52. The van der Waals surface area contributed by atoms with Gasteiger partial charge in [0.15, 0.2) is 5.82 Å². The summed E-state index contributed by atoms with van der Waals surface area (Å²) in [7, 11) is 0. The smallest absolute Gasteiger partial charge is 0.409 e. The van der Waals surface area contributed by atoms with Crippen molar-refractivity contribution in [2.75, 3.05) is 50.8 Å². The highest BCUT2D eigenvalue weighted by molar-refractivity contribution is 5.97. The number of fused-ring (bicyclic) bond motifs is 1. The number of hydrogen-bond donors (Lipinski definition) is 2. The van der Waals surface area contributed by atoms with Crippen LogP contribution in [0.5, 0.6) is 0 Å². The topological polar surface area (TPSA) is 145 Å². The van der Waals surface area contributed by atoms with Crippen LogP contribution in [-0.4, -0.2) is 101 Å². The lowest BCUT2D eigenvalue weighted by atomic mass is 10.1. The van der Waals surface area contributed by atoms with Gasteiger partial charge in [-0.15, -0.1) is 0 Å². The minimum Gasteiger partial charge on any atom is -0.481 e. The molecule has 4 atom stereocenters. The number of anilines is 1. The molecule has 1 unspecified atom stereocenters. The van der Waals surface area contributed by atoms with Crippen LogP contribution in [0.4, 0.5) is 10.6 Å². The number of benzene rings is 1. The number of piperazine rings is 1. The molecule has 0 bridgehead atoms. The number of nitrogens with one attached hydrogen (secondary N) is 1. The maximum Gasteiger partial charge on any atom is 0.409 e. The Kier molecular flexibility index (Phi) is 8.18. The minimum atomic E-state index is -0.758. The molecular weight excluding hydrogens is 552 g/mol. The van der Waals surface area contributed by atoms with Crippen LogP contribution in [-0.2, 0) is 14.3 Å². The Morgan fingerprint density at radius 1 is 1.00 bits per heavy atom. The number of carbonyl (C=O) groups excluding carboxylic acids is 3. The highest BCUT2D eigenvalue weighted by atomic mass is 16.6. The first-order valence-electron chi connectivity index (χ1n) is 15.3. The summed E-state index contributed by atoms with van der Waals surface area (Å²) >= 11 is 0. The SMILES string of the molecule is CCCCOC(=O)N1CCN(C(=O)[C@@H](NC(=O)c2cc(N3C[C@@H]4C(C(=O)O)[C@@H]4C3)nc(-c3ccccc3)n2)C2CC2)CC1. The van der Waals surface area contributed by atoms with Crippen LogP contribution in [0, 0.1) is 23.7 Å². The molecule has 228 valence electrons. The first kappa shape index (κ1) is 28.9. The van der Waals surface area contributed by atoms with Gasteiger partial charge in [-0.3, -0.25) is 14.4 Å². The van der Waals surface area contributed by atoms with Gasteiger partial charge in [0.1, 0.15) is 17.6 Å². The van der Waals surface area contributed by atoms with Crippen molar-refractivity contribution in [3.63, 3.8) is 0 Å². The predicted molar refractivity (Wildman–Crippen MR) is 156 cm³/mol. The molecule has 1 aromatic heterocycles. The average Bonchev–Trinajstić information content (AvgIpc) is 3.96. The number of amides is 3. The maximum absolute atomic E-state index is 13.7. The third-order valence-corrected chi connectivity index (χ3v) is 9.00. The molecule has 0 radical (unpaired) electrons.